The van der Waals surface area contributed by atoms with Gasteiger partial charge in [0.25, 0.3) is 0 Å². The van der Waals surface area contributed by atoms with Gasteiger partial charge in [0.15, 0.2) is 0 Å². The van der Waals surface area contributed by atoms with Gasteiger partial charge in [-0.1, -0.05) is 18.2 Å². The fraction of sp³-hybridized carbons (Fsp3) is 0.182. The van der Waals surface area contributed by atoms with Crippen LogP contribution in [0.2, 0.25) is 0 Å². The molecule has 3 aromatic rings. The van der Waals surface area contributed by atoms with Gasteiger partial charge in [-0.2, -0.15) is 0 Å². The number of quaternary nitrogens is 1. The van der Waals surface area contributed by atoms with Crippen LogP contribution in [-0.2, 0) is 13.1 Å². The third-order valence-electron chi connectivity index (χ3n) is 4.61. The van der Waals surface area contributed by atoms with E-state index in [0.29, 0.717) is 27.7 Å². The van der Waals surface area contributed by atoms with Gasteiger partial charge < -0.3 is 15.3 Å². The highest BCUT2D eigenvalue weighted by Gasteiger charge is 2.25. The summed E-state index contributed by atoms with van der Waals surface area (Å²) in [6.45, 7) is 0.148. The number of urea groups is 1. The quantitative estimate of drug-likeness (QED) is 0.408. The van der Waals surface area contributed by atoms with E-state index in [1.165, 1.54) is 17.4 Å². The number of anilines is 2. The van der Waals surface area contributed by atoms with Crippen molar-refractivity contribution in [2.75, 3.05) is 24.7 Å². The monoisotopic (exact) mass is 461 g/mol. The molecule has 1 aromatic heterocycles. The first-order valence-corrected chi connectivity index (χ1v) is 10.4. The smallest absolute Gasteiger partial charge is 0.416 e. The molecule has 2 aromatic carbocycles. The van der Waals surface area contributed by atoms with Crippen LogP contribution < -0.4 is 16.4 Å². The maximum Gasteiger partial charge on any atom is 0.416 e. The van der Waals surface area contributed by atoms with Gasteiger partial charge in [0.05, 0.1) is 5.56 Å². The molecule has 0 aliphatic rings. The molecular weight excluding hydrogens is 438 g/mol. The molecule has 0 radical (unpaired) electrons. The van der Waals surface area contributed by atoms with Gasteiger partial charge >= 0.3 is 12.0 Å². The summed E-state index contributed by atoms with van der Waals surface area (Å²) in [5.41, 5.74) is 5.06. The molecule has 6 N–H and O–H groups in total. The fourth-order valence-electron chi connectivity index (χ4n) is 3.25. The highest BCUT2D eigenvalue weighted by molar-refractivity contribution is 7.20. The Kier molecular flexibility index (Phi) is 7.18. The van der Waals surface area contributed by atoms with Crippen LogP contribution in [0.5, 0.6) is 0 Å². The predicted molar refractivity (Wildman–Crippen MR) is 120 cm³/mol. The summed E-state index contributed by atoms with van der Waals surface area (Å²) in [5.74, 6) is -2.55. The van der Waals surface area contributed by atoms with E-state index >= 15 is 0 Å². The first-order chi connectivity index (χ1) is 15.2. The minimum absolute atomic E-state index is 0.0607. The van der Waals surface area contributed by atoms with Crippen molar-refractivity contribution < 1.29 is 29.2 Å². The van der Waals surface area contributed by atoms with Crippen molar-refractivity contribution in [3.05, 3.63) is 70.8 Å². The van der Waals surface area contributed by atoms with Crippen molar-refractivity contribution >= 4 is 34.0 Å². The number of thiophene rings is 1. The SMILES string of the molecule is CN(C)Cc1c(-c2ccc(NC([NH3+])=O)cc2)sc(NCc2c(F)cccc2F)c1C(=O)O. The third-order valence-corrected chi connectivity index (χ3v) is 5.85. The van der Waals surface area contributed by atoms with Crippen LogP contribution in [0.25, 0.3) is 10.4 Å². The maximum atomic E-state index is 14.0. The van der Waals surface area contributed by atoms with Crippen LogP contribution in [0.4, 0.5) is 24.3 Å². The van der Waals surface area contributed by atoms with Crippen molar-refractivity contribution in [2.45, 2.75) is 13.1 Å². The second-order valence-corrected chi connectivity index (χ2v) is 8.36. The lowest BCUT2D eigenvalue weighted by atomic mass is 10.0. The molecule has 10 heteroatoms. The molecule has 2 amide bonds. The topological polar surface area (TPSA) is 109 Å². The molecule has 0 atom stereocenters. The summed E-state index contributed by atoms with van der Waals surface area (Å²) in [6, 6.07) is 10.1. The average Bonchev–Trinajstić information content (AvgIpc) is 3.05. The number of carbonyl (C=O) groups is 2. The zero-order chi connectivity index (χ0) is 23.4. The lowest BCUT2D eigenvalue weighted by Gasteiger charge is -2.13. The van der Waals surface area contributed by atoms with E-state index in [-0.39, 0.29) is 17.7 Å². The van der Waals surface area contributed by atoms with Crippen LogP contribution in [0.1, 0.15) is 21.5 Å². The van der Waals surface area contributed by atoms with Gasteiger partial charge in [0, 0.05) is 34.8 Å². The zero-order valence-corrected chi connectivity index (χ0v) is 18.4. The molecule has 0 spiro atoms. The summed E-state index contributed by atoms with van der Waals surface area (Å²) in [4.78, 5) is 25.8. The zero-order valence-electron chi connectivity index (χ0n) is 17.5. The number of rotatable bonds is 8. The van der Waals surface area contributed by atoms with Crippen molar-refractivity contribution in [2.24, 2.45) is 0 Å². The lowest BCUT2D eigenvalue weighted by Crippen LogP contribution is -2.59. The second-order valence-electron chi connectivity index (χ2n) is 7.34. The van der Waals surface area contributed by atoms with Gasteiger partial charge in [-0.05, 0) is 43.9 Å². The first kappa shape index (κ1) is 23.3. The lowest BCUT2D eigenvalue weighted by molar-refractivity contribution is -0.242. The van der Waals surface area contributed by atoms with Crippen molar-refractivity contribution in [3.8, 4) is 10.4 Å². The van der Waals surface area contributed by atoms with E-state index in [1.807, 2.05) is 19.0 Å². The molecule has 168 valence electrons. The standard InChI is InChI=1S/C22H22F2N4O3S/c1-28(2)11-15-18(21(29)30)20(26-10-14-16(23)4-3-5-17(14)24)32-19(15)12-6-8-13(9-7-12)27-22(25)31/h3-9,26H,10-11H2,1-2H3,(H,29,30)(H3,25,27,31)/p+1. The Hall–Kier alpha value is -3.34. The van der Waals surface area contributed by atoms with Crippen LogP contribution in [0.15, 0.2) is 42.5 Å². The molecule has 0 bridgehead atoms. The van der Waals surface area contributed by atoms with Gasteiger partial charge in [-0.25, -0.2) is 18.4 Å². The first-order valence-electron chi connectivity index (χ1n) is 9.61. The largest absolute Gasteiger partial charge is 0.478 e. The van der Waals surface area contributed by atoms with Crippen LogP contribution in [-0.4, -0.2) is 36.1 Å². The summed E-state index contributed by atoms with van der Waals surface area (Å²) in [7, 11) is 3.64. The Morgan fingerprint density at radius 3 is 2.22 bits per heavy atom. The molecule has 3 rings (SSSR count). The maximum absolute atomic E-state index is 14.0. The van der Waals surface area contributed by atoms with E-state index in [4.69, 9.17) is 0 Å². The molecule has 0 saturated carbocycles. The number of nitrogens with one attached hydrogen (secondary N) is 2. The highest BCUT2D eigenvalue weighted by Crippen LogP contribution is 2.41. The van der Waals surface area contributed by atoms with E-state index in [1.54, 1.807) is 24.3 Å². The molecule has 0 unspecified atom stereocenters. The molecular formula is C22H23F2N4O3S+. The minimum atomic E-state index is -1.14. The molecule has 0 fully saturated rings. The predicted octanol–water partition coefficient (Wildman–Crippen LogP) is 3.84. The number of halogens is 2. The Balaban J connectivity index is 2.03. The van der Waals surface area contributed by atoms with E-state index < -0.39 is 23.6 Å². The average molecular weight is 462 g/mol. The molecule has 1 heterocycles. The Labute approximate surface area is 187 Å². The number of hydrogen-bond acceptors (Lipinski definition) is 5. The van der Waals surface area contributed by atoms with E-state index in [9.17, 15) is 23.5 Å². The summed E-state index contributed by atoms with van der Waals surface area (Å²) in [5, 5.41) is 15.7. The number of carbonyl (C=O) groups excluding carboxylic acids is 1. The number of carboxylic acids is 1. The molecule has 7 nitrogen and oxygen atoms in total. The Morgan fingerprint density at radius 1 is 1.06 bits per heavy atom. The number of amides is 2. The van der Waals surface area contributed by atoms with Gasteiger partial charge in [-0.15, -0.1) is 11.3 Å². The van der Waals surface area contributed by atoms with Crippen molar-refractivity contribution in [3.63, 3.8) is 0 Å². The fourth-order valence-corrected chi connectivity index (χ4v) is 4.46. The van der Waals surface area contributed by atoms with Crippen LogP contribution in [0.3, 0.4) is 0 Å². The van der Waals surface area contributed by atoms with Gasteiger partial charge in [-0.3, -0.25) is 11.1 Å². The van der Waals surface area contributed by atoms with Crippen molar-refractivity contribution in [1.82, 2.24) is 4.90 Å². The minimum Gasteiger partial charge on any atom is -0.478 e. The van der Waals surface area contributed by atoms with Gasteiger partial charge in [0.1, 0.15) is 16.6 Å². The normalized spacial score (nSPS) is 10.9. The van der Waals surface area contributed by atoms with E-state index in [0.717, 1.165) is 17.7 Å². The number of benzene rings is 2. The number of hydrogen-bond donors (Lipinski definition) is 4. The molecule has 0 aliphatic carbocycles. The number of nitrogens with zero attached hydrogens (tertiary/aromatic N) is 1. The Morgan fingerprint density at radius 2 is 1.69 bits per heavy atom. The summed E-state index contributed by atoms with van der Waals surface area (Å²) in [6.07, 6.45) is 0. The summed E-state index contributed by atoms with van der Waals surface area (Å²) >= 11 is 1.20. The number of aromatic carboxylic acids is 1. The molecule has 32 heavy (non-hydrogen) atoms. The molecule has 0 saturated heterocycles. The van der Waals surface area contributed by atoms with E-state index in [2.05, 4.69) is 16.4 Å². The Bertz CT molecular complexity index is 1130. The van der Waals surface area contributed by atoms with Crippen LogP contribution in [0, 0.1) is 11.6 Å². The highest BCUT2D eigenvalue weighted by atomic mass is 32.1. The third kappa shape index (κ3) is 5.28. The summed E-state index contributed by atoms with van der Waals surface area (Å²) < 4.78 is 28.1. The molecule has 0 aliphatic heterocycles. The van der Waals surface area contributed by atoms with Crippen molar-refractivity contribution in [1.29, 1.82) is 0 Å². The van der Waals surface area contributed by atoms with Gasteiger partial charge in [0.2, 0.25) is 0 Å². The van der Waals surface area contributed by atoms with Crippen LogP contribution >= 0.6 is 11.3 Å². The second kappa shape index (κ2) is 9.86. The number of carboxylic acid groups (broad SMARTS) is 1.